The minimum absolute atomic E-state index is 0.0621. The van der Waals surface area contributed by atoms with Gasteiger partial charge in [0.25, 0.3) is 5.91 Å². The van der Waals surface area contributed by atoms with Crippen LogP contribution in [0.4, 0.5) is 5.82 Å². The van der Waals surface area contributed by atoms with Gasteiger partial charge in [0, 0.05) is 17.8 Å². The van der Waals surface area contributed by atoms with Crippen molar-refractivity contribution in [3.63, 3.8) is 0 Å². The highest BCUT2D eigenvalue weighted by Gasteiger charge is 2.34. The quantitative estimate of drug-likeness (QED) is 0.674. The van der Waals surface area contributed by atoms with E-state index in [1.807, 2.05) is 67.6 Å². The number of carbonyl (C=O) groups excluding carboxylic acids is 2. The van der Waals surface area contributed by atoms with Gasteiger partial charge in [-0.15, -0.1) is 0 Å². The highest BCUT2D eigenvalue weighted by molar-refractivity contribution is 5.99. The van der Waals surface area contributed by atoms with Crippen molar-refractivity contribution in [1.82, 2.24) is 9.88 Å². The van der Waals surface area contributed by atoms with Crippen molar-refractivity contribution in [1.29, 1.82) is 0 Å². The summed E-state index contributed by atoms with van der Waals surface area (Å²) < 4.78 is 5.25. The average molecular weight is 401 g/mol. The summed E-state index contributed by atoms with van der Waals surface area (Å²) in [7, 11) is 1.61. The van der Waals surface area contributed by atoms with Gasteiger partial charge in [-0.05, 0) is 48.4 Å². The van der Waals surface area contributed by atoms with Gasteiger partial charge in [0.2, 0.25) is 5.91 Å². The molecule has 1 N–H and O–H groups in total. The fourth-order valence-corrected chi connectivity index (χ4v) is 3.74. The van der Waals surface area contributed by atoms with Crippen molar-refractivity contribution in [2.45, 2.75) is 25.9 Å². The molecule has 0 aliphatic carbocycles. The van der Waals surface area contributed by atoms with Crippen molar-refractivity contribution in [2.24, 2.45) is 0 Å². The molecule has 1 aliphatic rings. The van der Waals surface area contributed by atoms with Crippen LogP contribution in [0.5, 0.6) is 5.75 Å². The van der Waals surface area contributed by atoms with Crippen molar-refractivity contribution in [3.8, 4) is 5.75 Å². The van der Waals surface area contributed by atoms with Crippen LogP contribution in [0, 0.1) is 6.92 Å². The van der Waals surface area contributed by atoms with Gasteiger partial charge < -0.3 is 15.0 Å². The molecule has 152 valence electrons. The summed E-state index contributed by atoms with van der Waals surface area (Å²) in [6.07, 6.45) is 0.127. The predicted molar refractivity (Wildman–Crippen MR) is 114 cm³/mol. The first-order valence-corrected chi connectivity index (χ1v) is 9.81. The van der Waals surface area contributed by atoms with Crippen molar-refractivity contribution < 1.29 is 14.3 Å². The lowest BCUT2D eigenvalue weighted by Crippen LogP contribution is -2.32. The Morgan fingerprint density at radius 3 is 2.57 bits per heavy atom. The van der Waals surface area contributed by atoms with E-state index in [1.54, 1.807) is 18.1 Å². The Hall–Kier alpha value is -3.67. The molecule has 2 amide bonds. The molecule has 1 atom stereocenters. The first-order chi connectivity index (χ1) is 14.5. The molecule has 3 aromatic rings. The van der Waals surface area contributed by atoms with Gasteiger partial charge in [0.05, 0.1) is 19.6 Å². The number of aryl methyl sites for hydroxylation is 1. The molecule has 0 bridgehead atoms. The van der Waals surface area contributed by atoms with Crippen molar-refractivity contribution >= 4 is 17.6 Å². The van der Waals surface area contributed by atoms with Gasteiger partial charge >= 0.3 is 0 Å². The second-order valence-electron chi connectivity index (χ2n) is 7.30. The zero-order valence-corrected chi connectivity index (χ0v) is 17.0. The third kappa shape index (κ3) is 4.03. The number of anilines is 1. The maximum absolute atomic E-state index is 13.1. The van der Waals surface area contributed by atoms with E-state index in [0.29, 0.717) is 17.9 Å². The van der Waals surface area contributed by atoms with Crippen LogP contribution in [0.3, 0.4) is 0 Å². The molecule has 2 heterocycles. The van der Waals surface area contributed by atoms with Gasteiger partial charge in [-0.1, -0.05) is 36.4 Å². The van der Waals surface area contributed by atoms with E-state index in [0.717, 1.165) is 22.6 Å². The first-order valence-electron chi connectivity index (χ1n) is 9.81. The van der Waals surface area contributed by atoms with E-state index in [9.17, 15) is 9.59 Å². The van der Waals surface area contributed by atoms with E-state index in [2.05, 4.69) is 10.3 Å². The fourth-order valence-electron chi connectivity index (χ4n) is 3.74. The van der Waals surface area contributed by atoms with E-state index in [-0.39, 0.29) is 18.2 Å². The maximum Gasteiger partial charge on any atom is 0.255 e. The third-order valence-electron chi connectivity index (χ3n) is 5.26. The molecule has 0 spiro atoms. The molecule has 0 radical (unpaired) electrons. The lowest BCUT2D eigenvalue weighted by Gasteiger charge is -2.28. The van der Waals surface area contributed by atoms with Gasteiger partial charge in [-0.2, -0.15) is 0 Å². The van der Waals surface area contributed by atoms with Crippen LogP contribution >= 0.6 is 0 Å². The summed E-state index contributed by atoms with van der Waals surface area (Å²) in [6, 6.07) is 20.1. The molecule has 0 saturated carbocycles. The number of hydrogen-bond acceptors (Lipinski definition) is 4. The van der Waals surface area contributed by atoms with E-state index >= 15 is 0 Å². The molecule has 1 aliphatic heterocycles. The number of aromatic nitrogens is 1. The summed E-state index contributed by atoms with van der Waals surface area (Å²) in [6.45, 7) is 2.34. The summed E-state index contributed by atoms with van der Waals surface area (Å²) in [5.41, 5.74) is 3.37. The van der Waals surface area contributed by atoms with Crippen LogP contribution in [0.15, 0.2) is 66.7 Å². The minimum atomic E-state index is -0.402. The minimum Gasteiger partial charge on any atom is -0.497 e. The molecule has 1 aromatic heterocycles. The molecule has 2 aromatic carbocycles. The summed E-state index contributed by atoms with van der Waals surface area (Å²) in [5.74, 6) is 0.969. The summed E-state index contributed by atoms with van der Waals surface area (Å²) in [4.78, 5) is 32.0. The number of hydrogen-bond donors (Lipinski definition) is 1. The number of nitrogens with zero attached hydrogens (tertiary/aromatic N) is 2. The molecule has 1 unspecified atom stereocenters. The predicted octanol–water partition coefficient (Wildman–Crippen LogP) is 4.12. The number of benzene rings is 2. The van der Waals surface area contributed by atoms with Crippen molar-refractivity contribution in [3.05, 3.63) is 89.1 Å². The molecular weight excluding hydrogens is 378 g/mol. The monoisotopic (exact) mass is 401 g/mol. The largest absolute Gasteiger partial charge is 0.497 e. The molecule has 6 heteroatoms. The Morgan fingerprint density at radius 1 is 1.10 bits per heavy atom. The smallest absolute Gasteiger partial charge is 0.255 e. The number of amides is 2. The van der Waals surface area contributed by atoms with E-state index in [1.165, 1.54) is 0 Å². The van der Waals surface area contributed by atoms with Crippen LogP contribution in [0.25, 0.3) is 0 Å². The van der Waals surface area contributed by atoms with Gasteiger partial charge in [-0.25, -0.2) is 4.98 Å². The summed E-state index contributed by atoms with van der Waals surface area (Å²) >= 11 is 0. The number of fused-ring (bicyclic) bond motifs is 1. The average Bonchev–Trinajstić information content (AvgIpc) is 3.09. The lowest BCUT2D eigenvalue weighted by molar-refractivity contribution is -0.117. The zero-order valence-electron chi connectivity index (χ0n) is 17.0. The van der Waals surface area contributed by atoms with Crippen molar-refractivity contribution in [2.75, 3.05) is 12.4 Å². The Morgan fingerprint density at radius 2 is 1.87 bits per heavy atom. The van der Waals surface area contributed by atoms with Crippen LogP contribution in [-0.2, 0) is 11.3 Å². The molecule has 6 nitrogen and oxygen atoms in total. The van der Waals surface area contributed by atoms with Gasteiger partial charge in [-0.3, -0.25) is 9.59 Å². The van der Waals surface area contributed by atoms with Gasteiger partial charge in [0.15, 0.2) is 0 Å². The number of pyridine rings is 1. The number of nitrogens with one attached hydrogen (secondary N) is 1. The molecular formula is C24H23N3O3. The highest BCUT2D eigenvalue weighted by Crippen LogP contribution is 2.34. The number of methoxy groups -OCH3 is 1. The zero-order chi connectivity index (χ0) is 21.1. The summed E-state index contributed by atoms with van der Waals surface area (Å²) in [5, 5.41) is 2.85. The Balaban J connectivity index is 1.60. The number of rotatable bonds is 6. The number of carbonyl (C=O) groups is 2. The lowest BCUT2D eigenvalue weighted by atomic mass is 10.0. The van der Waals surface area contributed by atoms with Crippen LogP contribution < -0.4 is 10.1 Å². The molecule has 30 heavy (non-hydrogen) atoms. The topological polar surface area (TPSA) is 71.5 Å². The normalized spacial score (nSPS) is 13.7. The van der Waals surface area contributed by atoms with Crippen LogP contribution in [0.1, 0.15) is 39.6 Å². The van der Waals surface area contributed by atoms with E-state index in [4.69, 9.17) is 4.74 Å². The highest BCUT2D eigenvalue weighted by atomic mass is 16.5. The SMILES string of the molecule is COc1ccc(C(CC(=O)Nc2cccc(C)n2)N2Cc3ccccc3C2=O)cc1. The van der Waals surface area contributed by atoms with E-state index < -0.39 is 6.04 Å². The van der Waals surface area contributed by atoms with Crippen LogP contribution in [-0.4, -0.2) is 28.8 Å². The second-order valence-corrected chi connectivity index (χ2v) is 7.30. The maximum atomic E-state index is 13.1. The Labute approximate surface area is 175 Å². The van der Waals surface area contributed by atoms with Gasteiger partial charge in [0.1, 0.15) is 11.6 Å². The second kappa shape index (κ2) is 8.37. The Kier molecular flexibility index (Phi) is 5.48. The number of ether oxygens (including phenoxy) is 1. The third-order valence-corrected chi connectivity index (χ3v) is 5.26. The fraction of sp³-hybridized carbons (Fsp3) is 0.208. The Bertz CT molecular complexity index is 1080. The standard InChI is InChI=1S/C24H23N3O3/c1-16-6-5-9-22(25-16)26-23(28)14-21(17-10-12-19(30-2)13-11-17)27-15-18-7-3-4-8-20(18)24(27)29/h3-13,21H,14-15H2,1-2H3,(H,25,26,28). The molecule has 0 saturated heterocycles. The molecule has 0 fully saturated rings. The van der Waals surface area contributed by atoms with Crippen LogP contribution in [0.2, 0.25) is 0 Å². The first kappa shape index (κ1) is 19.6. The molecule has 4 rings (SSSR count).